The molecule has 0 saturated carbocycles. The Labute approximate surface area is 305 Å². The van der Waals surface area contributed by atoms with Gasteiger partial charge in [0.2, 0.25) is 17.5 Å². The summed E-state index contributed by atoms with van der Waals surface area (Å²) in [6.45, 7) is 1.33. The van der Waals surface area contributed by atoms with Gasteiger partial charge in [-0.3, -0.25) is 4.79 Å². The zero-order chi connectivity index (χ0) is 39.6. The molecule has 4 heterocycles. The van der Waals surface area contributed by atoms with Crippen molar-refractivity contribution in [3.05, 3.63) is 69.4 Å². The Balaban J connectivity index is 1.44. The monoisotopic (exact) mass is 766 g/mol. The number of aromatic hydroxyl groups is 9. The van der Waals surface area contributed by atoms with E-state index in [2.05, 4.69) is 0 Å². The van der Waals surface area contributed by atoms with Crippen LogP contribution in [0, 0.1) is 0 Å². The first kappa shape index (κ1) is 35.5. The van der Waals surface area contributed by atoms with Gasteiger partial charge in [-0.2, -0.15) is 0 Å². The highest BCUT2D eigenvalue weighted by Crippen LogP contribution is 2.61. The van der Waals surface area contributed by atoms with E-state index >= 15 is 0 Å². The van der Waals surface area contributed by atoms with Gasteiger partial charge in [0.25, 0.3) is 0 Å². The summed E-state index contributed by atoms with van der Waals surface area (Å²) < 4.78 is 29.8. The van der Waals surface area contributed by atoms with Crippen LogP contribution in [-0.2, 0) is 10.5 Å². The van der Waals surface area contributed by atoms with E-state index in [1.54, 1.807) is 0 Å². The van der Waals surface area contributed by atoms with Crippen LogP contribution < -0.4 is 19.6 Å². The first-order valence-electron chi connectivity index (χ1n) is 16.3. The van der Waals surface area contributed by atoms with Crippen LogP contribution in [-0.4, -0.2) is 103 Å². The quantitative estimate of drug-likeness (QED) is 0.114. The molecule has 1 saturated heterocycles. The maximum absolute atomic E-state index is 14.5. The number of phenols is 9. The topological polar surface area (TPSA) is 330 Å². The Hall–Kier alpha value is -6.51. The van der Waals surface area contributed by atoms with Crippen molar-refractivity contribution in [1.29, 1.82) is 0 Å². The number of phenolic OH excluding ortho intramolecular Hbond substituents is 9. The number of rotatable bonds is 4. The summed E-state index contributed by atoms with van der Waals surface area (Å²) in [6.07, 6.45) is -10.4. The van der Waals surface area contributed by atoms with Crippen LogP contribution in [0.25, 0.3) is 22.3 Å². The van der Waals surface area contributed by atoms with Crippen molar-refractivity contribution in [3.8, 4) is 80.3 Å². The molecule has 8 rings (SSSR count). The zero-order valence-electron chi connectivity index (χ0n) is 27.8. The average molecular weight is 767 g/mol. The van der Waals surface area contributed by atoms with Crippen LogP contribution in [0.1, 0.15) is 29.5 Å². The third-order valence-electron chi connectivity index (χ3n) is 9.91. The normalized spacial score (nSPS) is 26.7. The molecule has 55 heavy (non-hydrogen) atoms. The summed E-state index contributed by atoms with van der Waals surface area (Å²) in [5, 5.41) is 138. The van der Waals surface area contributed by atoms with Crippen molar-refractivity contribution in [2.45, 2.75) is 55.4 Å². The van der Waals surface area contributed by atoms with Crippen molar-refractivity contribution in [3.63, 3.8) is 0 Å². The first-order valence-corrected chi connectivity index (χ1v) is 16.3. The largest absolute Gasteiger partial charge is 0.508 e. The maximum Gasteiger partial charge on any atom is 0.305 e. The molecule has 288 valence electrons. The number of benzene rings is 4. The lowest BCUT2D eigenvalue weighted by molar-refractivity contribution is -0.268. The zero-order valence-corrected chi connectivity index (χ0v) is 27.8. The Morgan fingerprint density at radius 2 is 1.24 bits per heavy atom. The fraction of sp³-hybridized carbons (Fsp3) is 0.250. The molecule has 0 radical (unpaired) electrons. The van der Waals surface area contributed by atoms with Gasteiger partial charge in [0.15, 0.2) is 40.3 Å². The van der Waals surface area contributed by atoms with E-state index in [-0.39, 0.29) is 33.8 Å². The van der Waals surface area contributed by atoms with E-state index in [0.717, 1.165) is 42.5 Å². The van der Waals surface area contributed by atoms with Crippen molar-refractivity contribution in [2.24, 2.45) is 0 Å². The Morgan fingerprint density at radius 3 is 1.85 bits per heavy atom. The van der Waals surface area contributed by atoms with Gasteiger partial charge >= 0.3 is 5.79 Å². The summed E-state index contributed by atoms with van der Waals surface area (Å²) in [6, 6.07) is 6.33. The Bertz CT molecular complexity index is 2450. The minimum absolute atomic E-state index is 0.214. The number of fused-ring (bicyclic) bond motifs is 8. The Morgan fingerprint density at radius 1 is 0.655 bits per heavy atom. The predicted molar refractivity (Wildman–Crippen MR) is 180 cm³/mol. The smallest absolute Gasteiger partial charge is 0.305 e. The molecule has 1 fully saturated rings. The van der Waals surface area contributed by atoms with Crippen LogP contribution in [0.2, 0.25) is 0 Å². The molecule has 1 unspecified atom stereocenters. The molecule has 3 aliphatic heterocycles. The van der Waals surface area contributed by atoms with E-state index in [1.807, 2.05) is 0 Å². The average Bonchev–Trinajstić information content (AvgIpc) is 3.11. The highest BCUT2D eigenvalue weighted by atomic mass is 16.7. The van der Waals surface area contributed by atoms with Crippen LogP contribution in [0.3, 0.4) is 0 Å². The molecule has 1 aromatic heterocycles. The van der Waals surface area contributed by atoms with E-state index in [9.17, 15) is 71.2 Å². The SMILES string of the molecule is C[C@@H]1OC(Oc2c(-c3cc(O)c(O)c(O)c3)oc3c4c(cc(O)c3c2=O)O[C@]2(c3cc(O)c(O)c(O)c3)Oc3cc(O)cc(O)c3[C@H]4[C@@H]2O)[C@H](O)[C@H](O)[C@H]1O. The van der Waals surface area contributed by atoms with Gasteiger partial charge in [0.1, 0.15) is 64.1 Å². The van der Waals surface area contributed by atoms with Gasteiger partial charge < -0.3 is 89.7 Å². The molecule has 0 amide bonds. The van der Waals surface area contributed by atoms with Crippen molar-refractivity contribution >= 4 is 11.0 Å². The molecule has 19 nitrogen and oxygen atoms in total. The second-order valence-corrected chi connectivity index (χ2v) is 13.3. The van der Waals surface area contributed by atoms with Crippen LogP contribution >= 0.6 is 0 Å². The van der Waals surface area contributed by atoms with E-state index in [4.69, 9.17) is 23.4 Å². The van der Waals surface area contributed by atoms with E-state index < -0.39 is 128 Å². The molecule has 4 aromatic carbocycles. The van der Waals surface area contributed by atoms with Crippen molar-refractivity contribution in [1.82, 2.24) is 0 Å². The summed E-state index contributed by atoms with van der Waals surface area (Å²) in [5.41, 5.74) is -2.93. The second-order valence-electron chi connectivity index (χ2n) is 13.3. The molecule has 0 aliphatic carbocycles. The highest BCUT2D eigenvalue weighted by molar-refractivity contribution is 5.93. The van der Waals surface area contributed by atoms with Crippen LogP contribution in [0.15, 0.2) is 51.7 Å². The molecule has 13 N–H and O–H groups in total. The second kappa shape index (κ2) is 12.0. The lowest BCUT2D eigenvalue weighted by Gasteiger charge is -2.49. The number of hydrogen-bond donors (Lipinski definition) is 13. The summed E-state index contributed by atoms with van der Waals surface area (Å²) in [5.74, 6) is -13.8. The maximum atomic E-state index is 14.5. The lowest BCUT2D eigenvalue weighted by atomic mass is 9.75. The summed E-state index contributed by atoms with van der Waals surface area (Å²) in [4.78, 5) is 14.5. The third-order valence-corrected chi connectivity index (χ3v) is 9.91. The van der Waals surface area contributed by atoms with E-state index in [0.29, 0.717) is 0 Å². The molecular weight excluding hydrogens is 736 g/mol. The standard InChI is InChI=1S/C36H30O19/c1-9-25(44)29(48)30(49)35(51-9)53-33-28(47)22-14(39)8-20-23(32(22)52-31(33)10-2-15(40)26(45)16(41)3-10)24-21-13(38)6-12(37)7-19(21)54-36(55-20,34(24)50)11-4-17(42)27(46)18(43)5-11/h2-9,24-25,29-30,34-35,37-46,48-50H,1H3/t9-,24+,25-,29+,30+,34-,35?,36-/m0/s1. The molecule has 3 aliphatic rings. The molecular formula is C36H30O19. The molecule has 2 bridgehead atoms. The van der Waals surface area contributed by atoms with Gasteiger partial charge in [-0.15, -0.1) is 0 Å². The summed E-state index contributed by atoms with van der Waals surface area (Å²) >= 11 is 0. The molecule has 0 spiro atoms. The fourth-order valence-electron chi connectivity index (χ4n) is 7.20. The molecule has 8 atom stereocenters. The minimum atomic E-state index is -2.48. The molecule has 5 aromatic rings. The fourth-order valence-corrected chi connectivity index (χ4v) is 7.20. The third kappa shape index (κ3) is 5.05. The minimum Gasteiger partial charge on any atom is -0.508 e. The number of ether oxygens (including phenoxy) is 4. The highest BCUT2D eigenvalue weighted by Gasteiger charge is 2.60. The van der Waals surface area contributed by atoms with Crippen LogP contribution in [0.5, 0.6) is 69.0 Å². The van der Waals surface area contributed by atoms with Gasteiger partial charge in [0, 0.05) is 40.5 Å². The number of aliphatic hydroxyl groups excluding tert-OH is 4. The van der Waals surface area contributed by atoms with E-state index in [1.165, 1.54) is 6.92 Å². The van der Waals surface area contributed by atoms with Crippen molar-refractivity contribution < 1.29 is 89.7 Å². The van der Waals surface area contributed by atoms with Gasteiger partial charge in [-0.1, -0.05) is 0 Å². The van der Waals surface area contributed by atoms with Gasteiger partial charge in [0.05, 0.1) is 12.0 Å². The Kier molecular flexibility index (Phi) is 7.75. The van der Waals surface area contributed by atoms with Gasteiger partial charge in [-0.25, -0.2) is 0 Å². The summed E-state index contributed by atoms with van der Waals surface area (Å²) in [7, 11) is 0. The number of aliphatic hydroxyl groups is 4. The van der Waals surface area contributed by atoms with Gasteiger partial charge in [-0.05, 0) is 31.2 Å². The number of hydrogen-bond acceptors (Lipinski definition) is 19. The lowest BCUT2D eigenvalue weighted by Crippen LogP contribution is -2.58. The van der Waals surface area contributed by atoms with Crippen LogP contribution in [0.4, 0.5) is 0 Å². The predicted octanol–water partition coefficient (Wildman–Crippen LogP) is 1.15. The van der Waals surface area contributed by atoms with Crippen molar-refractivity contribution in [2.75, 3.05) is 0 Å². The molecule has 19 heteroatoms. The first-order chi connectivity index (χ1) is 25.9.